The lowest BCUT2D eigenvalue weighted by atomic mass is 10.1. The maximum absolute atomic E-state index is 12.8. The van der Waals surface area contributed by atoms with Gasteiger partial charge in [0.05, 0.1) is 12.7 Å². The maximum Gasteiger partial charge on any atom is 0.242 e. The zero-order chi connectivity index (χ0) is 13.8. The van der Waals surface area contributed by atoms with Gasteiger partial charge < -0.3 is 15.0 Å². The first-order chi connectivity index (χ1) is 9.08. The van der Waals surface area contributed by atoms with Crippen molar-refractivity contribution in [1.82, 2.24) is 10.2 Å². The number of carbonyl (C=O) groups is 1. The maximum atomic E-state index is 12.8. The van der Waals surface area contributed by atoms with Crippen LogP contribution in [0.25, 0.3) is 0 Å². The Morgan fingerprint density at radius 1 is 1.47 bits per heavy atom. The van der Waals surface area contributed by atoms with E-state index >= 15 is 0 Å². The van der Waals surface area contributed by atoms with Gasteiger partial charge in [0, 0.05) is 20.1 Å². The van der Waals surface area contributed by atoms with Gasteiger partial charge in [0.15, 0.2) is 0 Å². The Labute approximate surface area is 112 Å². The average Bonchev–Trinajstić information content (AvgIpc) is 2.41. The van der Waals surface area contributed by atoms with Gasteiger partial charge in [0.1, 0.15) is 11.9 Å². The van der Waals surface area contributed by atoms with Crippen LogP contribution in [0.1, 0.15) is 12.5 Å². The molecular formula is C14H19FN2O2. The molecule has 1 saturated heterocycles. The highest BCUT2D eigenvalue weighted by molar-refractivity contribution is 5.82. The Bertz CT molecular complexity index is 436. The first-order valence-electron chi connectivity index (χ1n) is 6.42. The number of hydrogen-bond acceptors (Lipinski definition) is 3. The Kier molecular flexibility index (Phi) is 4.50. The lowest BCUT2D eigenvalue weighted by Gasteiger charge is -2.32. The molecule has 2 rings (SSSR count). The number of hydrogen-bond donors (Lipinski definition) is 1. The number of nitrogens with one attached hydrogen (secondary N) is 1. The quantitative estimate of drug-likeness (QED) is 0.892. The number of amides is 1. The number of carbonyl (C=O) groups excluding carboxylic acids is 1. The second kappa shape index (κ2) is 6.12. The van der Waals surface area contributed by atoms with Gasteiger partial charge in [-0.2, -0.15) is 0 Å². The number of ether oxygens (including phenoxy) is 1. The largest absolute Gasteiger partial charge is 0.375 e. The van der Waals surface area contributed by atoms with E-state index in [0.29, 0.717) is 19.7 Å². The number of rotatable bonds is 3. The molecule has 104 valence electrons. The highest BCUT2D eigenvalue weighted by atomic mass is 19.1. The summed E-state index contributed by atoms with van der Waals surface area (Å²) in [4.78, 5) is 13.9. The van der Waals surface area contributed by atoms with Crippen LogP contribution in [-0.4, -0.2) is 43.2 Å². The van der Waals surface area contributed by atoms with Crippen LogP contribution in [0.2, 0.25) is 0 Å². The van der Waals surface area contributed by atoms with Gasteiger partial charge in [-0.1, -0.05) is 12.1 Å². The van der Waals surface area contributed by atoms with Crippen LogP contribution in [0, 0.1) is 5.82 Å². The number of likely N-dealkylation sites (N-methyl/N-ethyl adjacent to an activating group) is 1. The van der Waals surface area contributed by atoms with Gasteiger partial charge in [-0.25, -0.2) is 4.39 Å². The van der Waals surface area contributed by atoms with Crippen LogP contribution >= 0.6 is 0 Å². The summed E-state index contributed by atoms with van der Waals surface area (Å²) in [6.45, 7) is 3.67. The first kappa shape index (κ1) is 14.0. The lowest BCUT2D eigenvalue weighted by molar-refractivity contribution is -0.138. The zero-order valence-electron chi connectivity index (χ0n) is 11.2. The standard InChI is InChI=1S/C14H19FN2O2/c1-10-13(16-7-8-19-10)14(18)17(2)9-11-3-5-12(15)6-4-11/h3-6,10,13,16H,7-9H2,1-2H3/t10-,13+/m1/s1. The van der Waals surface area contributed by atoms with Gasteiger partial charge in [-0.05, 0) is 24.6 Å². The van der Waals surface area contributed by atoms with Crippen molar-refractivity contribution in [2.45, 2.75) is 25.6 Å². The molecule has 0 unspecified atom stereocenters. The fourth-order valence-electron chi connectivity index (χ4n) is 2.19. The lowest BCUT2D eigenvalue weighted by Crippen LogP contribution is -2.55. The van der Waals surface area contributed by atoms with E-state index in [1.807, 2.05) is 6.92 Å². The molecule has 4 nitrogen and oxygen atoms in total. The number of morpholine rings is 1. The van der Waals surface area contributed by atoms with Crippen LogP contribution in [0.3, 0.4) is 0 Å². The molecule has 0 saturated carbocycles. The predicted molar refractivity (Wildman–Crippen MR) is 70.1 cm³/mol. The molecule has 0 bridgehead atoms. The molecular weight excluding hydrogens is 247 g/mol. The fraction of sp³-hybridized carbons (Fsp3) is 0.500. The highest BCUT2D eigenvalue weighted by Crippen LogP contribution is 2.10. The molecule has 0 aliphatic carbocycles. The van der Waals surface area contributed by atoms with E-state index in [1.54, 1.807) is 24.1 Å². The molecule has 0 aromatic heterocycles. The molecule has 0 radical (unpaired) electrons. The second-order valence-electron chi connectivity index (χ2n) is 4.83. The third-order valence-corrected chi connectivity index (χ3v) is 3.29. The third kappa shape index (κ3) is 3.52. The van der Waals surface area contributed by atoms with Crippen LogP contribution < -0.4 is 5.32 Å². The molecule has 5 heteroatoms. The van der Waals surface area contributed by atoms with Crippen molar-refractivity contribution in [2.24, 2.45) is 0 Å². The summed E-state index contributed by atoms with van der Waals surface area (Å²) in [5.74, 6) is -0.273. The highest BCUT2D eigenvalue weighted by Gasteiger charge is 2.30. The van der Waals surface area contributed by atoms with Gasteiger partial charge in [0.25, 0.3) is 0 Å². The van der Waals surface area contributed by atoms with E-state index in [2.05, 4.69) is 5.32 Å². The van der Waals surface area contributed by atoms with E-state index in [1.165, 1.54) is 12.1 Å². The molecule has 1 aromatic carbocycles. The minimum atomic E-state index is -0.306. The van der Waals surface area contributed by atoms with Crippen molar-refractivity contribution >= 4 is 5.91 Å². The number of nitrogens with zero attached hydrogens (tertiary/aromatic N) is 1. The van der Waals surface area contributed by atoms with Crippen LogP contribution in [0.15, 0.2) is 24.3 Å². The summed E-state index contributed by atoms with van der Waals surface area (Å²) in [6, 6.07) is 5.87. The molecule has 1 aliphatic rings. The van der Waals surface area contributed by atoms with E-state index in [-0.39, 0.29) is 23.9 Å². The van der Waals surface area contributed by atoms with Gasteiger partial charge in [-0.3, -0.25) is 4.79 Å². The summed E-state index contributed by atoms with van der Waals surface area (Å²) in [6.07, 6.45) is -0.128. The Morgan fingerprint density at radius 3 is 2.79 bits per heavy atom. The zero-order valence-corrected chi connectivity index (χ0v) is 11.2. The van der Waals surface area contributed by atoms with Crippen molar-refractivity contribution in [3.8, 4) is 0 Å². The van der Waals surface area contributed by atoms with Crippen molar-refractivity contribution in [3.63, 3.8) is 0 Å². The second-order valence-corrected chi connectivity index (χ2v) is 4.83. The van der Waals surface area contributed by atoms with Gasteiger partial charge in [0.2, 0.25) is 5.91 Å². The van der Waals surface area contributed by atoms with Gasteiger partial charge in [-0.15, -0.1) is 0 Å². The van der Waals surface area contributed by atoms with Gasteiger partial charge >= 0.3 is 0 Å². The average molecular weight is 266 g/mol. The normalized spacial score (nSPS) is 23.1. The molecule has 1 aliphatic heterocycles. The summed E-state index contributed by atoms with van der Waals surface area (Å²) in [5.41, 5.74) is 0.904. The predicted octanol–water partition coefficient (Wildman–Crippen LogP) is 1.16. The molecule has 1 N–H and O–H groups in total. The van der Waals surface area contributed by atoms with Crippen LogP contribution in [0.4, 0.5) is 4.39 Å². The van der Waals surface area contributed by atoms with E-state index in [4.69, 9.17) is 4.74 Å². The first-order valence-corrected chi connectivity index (χ1v) is 6.42. The monoisotopic (exact) mass is 266 g/mol. The smallest absolute Gasteiger partial charge is 0.242 e. The molecule has 19 heavy (non-hydrogen) atoms. The molecule has 1 heterocycles. The van der Waals surface area contributed by atoms with Crippen molar-refractivity contribution in [3.05, 3.63) is 35.6 Å². The van der Waals surface area contributed by atoms with E-state index in [9.17, 15) is 9.18 Å². The van der Waals surface area contributed by atoms with Crippen molar-refractivity contribution < 1.29 is 13.9 Å². The van der Waals surface area contributed by atoms with E-state index in [0.717, 1.165) is 5.56 Å². The Hall–Kier alpha value is -1.46. The Balaban J connectivity index is 1.96. The minimum absolute atomic E-state index is 0.00322. The van der Waals surface area contributed by atoms with Crippen LogP contribution in [0.5, 0.6) is 0 Å². The molecule has 1 fully saturated rings. The molecule has 1 amide bonds. The fourth-order valence-corrected chi connectivity index (χ4v) is 2.19. The summed E-state index contributed by atoms with van der Waals surface area (Å²) >= 11 is 0. The Morgan fingerprint density at radius 2 is 2.16 bits per heavy atom. The topological polar surface area (TPSA) is 41.6 Å². The molecule has 0 spiro atoms. The molecule has 1 aromatic rings. The van der Waals surface area contributed by atoms with Crippen LogP contribution in [-0.2, 0) is 16.1 Å². The SMILES string of the molecule is C[C@H]1OCCN[C@@H]1C(=O)N(C)Cc1ccc(F)cc1. The molecule has 2 atom stereocenters. The third-order valence-electron chi connectivity index (χ3n) is 3.29. The van der Waals surface area contributed by atoms with Crippen molar-refractivity contribution in [1.29, 1.82) is 0 Å². The summed E-state index contributed by atoms with van der Waals surface area (Å²) in [7, 11) is 1.74. The number of benzene rings is 1. The summed E-state index contributed by atoms with van der Waals surface area (Å²) < 4.78 is 18.3. The van der Waals surface area contributed by atoms with Crippen molar-refractivity contribution in [2.75, 3.05) is 20.2 Å². The summed E-state index contributed by atoms with van der Waals surface area (Å²) in [5, 5.41) is 3.17. The minimum Gasteiger partial charge on any atom is -0.375 e. The van der Waals surface area contributed by atoms with E-state index < -0.39 is 0 Å². The number of halogens is 1.